The van der Waals surface area contributed by atoms with Gasteiger partial charge in [-0.3, -0.25) is 4.79 Å². The highest BCUT2D eigenvalue weighted by Crippen LogP contribution is 2.32. The Bertz CT molecular complexity index is 1190. The highest BCUT2D eigenvalue weighted by atomic mass is 32.1. The van der Waals surface area contributed by atoms with Crippen molar-refractivity contribution in [3.05, 3.63) is 89.5 Å². The topological polar surface area (TPSA) is 51.2 Å². The lowest BCUT2D eigenvalue weighted by molar-refractivity contribution is -0.137. The summed E-state index contributed by atoms with van der Waals surface area (Å²) in [6, 6.07) is 19.1. The summed E-state index contributed by atoms with van der Waals surface area (Å²) in [5.74, 6) is 0.281. The molecule has 0 aliphatic heterocycles. The first-order valence-electron chi connectivity index (χ1n) is 8.96. The van der Waals surface area contributed by atoms with E-state index >= 15 is 0 Å². The first-order chi connectivity index (χ1) is 14.4. The standard InChI is InChI=1S/C22H15F3N2O2S/c23-22(24,25)16-6-4-5-14(11-16)13-26-20(28)15-9-10-18-19(12-15)30-21(27-18)29-17-7-2-1-3-8-17/h1-12H,13H2,(H,26,28). The minimum atomic E-state index is -4.42. The number of rotatable bonds is 5. The molecule has 152 valence electrons. The molecule has 1 N–H and O–H groups in total. The molecule has 4 rings (SSSR count). The Kier molecular flexibility index (Phi) is 5.41. The zero-order valence-corrected chi connectivity index (χ0v) is 16.3. The van der Waals surface area contributed by atoms with Gasteiger partial charge < -0.3 is 10.1 Å². The molecule has 3 aromatic carbocycles. The van der Waals surface area contributed by atoms with E-state index in [1.807, 2.05) is 30.3 Å². The second-order valence-corrected chi connectivity index (χ2v) is 7.45. The maximum Gasteiger partial charge on any atom is 0.416 e. The Morgan fingerprint density at radius 3 is 2.57 bits per heavy atom. The van der Waals surface area contributed by atoms with E-state index in [0.717, 1.165) is 16.8 Å². The second-order valence-electron chi connectivity index (χ2n) is 6.46. The number of alkyl halides is 3. The van der Waals surface area contributed by atoms with Crippen LogP contribution in [-0.2, 0) is 12.7 Å². The molecule has 0 spiro atoms. The number of aromatic nitrogens is 1. The van der Waals surface area contributed by atoms with Gasteiger partial charge >= 0.3 is 6.18 Å². The zero-order valence-electron chi connectivity index (χ0n) is 15.4. The molecule has 1 heterocycles. The van der Waals surface area contributed by atoms with Crippen molar-refractivity contribution in [3.63, 3.8) is 0 Å². The van der Waals surface area contributed by atoms with E-state index in [9.17, 15) is 18.0 Å². The number of benzene rings is 3. The number of nitrogens with zero attached hydrogens (tertiary/aromatic N) is 1. The third-order valence-corrected chi connectivity index (χ3v) is 5.18. The summed E-state index contributed by atoms with van der Waals surface area (Å²) >= 11 is 1.30. The minimum absolute atomic E-state index is 0.00809. The third kappa shape index (κ3) is 4.60. The number of nitrogens with one attached hydrogen (secondary N) is 1. The van der Waals surface area contributed by atoms with Crippen molar-refractivity contribution < 1.29 is 22.7 Å². The fourth-order valence-electron chi connectivity index (χ4n) is 2.82. The van der Waals surface area contributed by atoms with Crippen LogP contribution in [0.4, 0.5) is 13.2 Å². The van der Waals surface area contributed by atoms with E-state index in [1.165, 1.54) is 23.5 Å². The predicted molar refractivity (Wildman–Crippen MR) is 109 cm³/mol. The number of hydrogen-bond donors (Lipinski definition) is 1. The molecule has 1 amide bonds. The average Bonchev–Trinajstić information content (AvgIpc) is 3.13. The highest BCUT2D eigenvalue weighted by molar-refractivity contribution is 7.20. The van der Waals surface area contributed by atoms with Gasteiger partial charge in [0.15, 0.2) is 0 Å². The molecule has 30 heavy (non-hydrogen) atoms. The van der Waals surface area contributed by atoms with Crippen LogP contribution in [0.15, 0.2) is 72.8 Å². The van der Waals surface area contributed by atoms with Gasteiger partial charge in [-0.1, -0.05) is 41.7 Å². The Balaban J connectivity index is 1.46. The summed E-state index contributed by atoms with van der Waals surface area (Å²) in [5.41, 5.74) is 0.714. The van der Waals surface area contributed by atoms with E-state index in [1.54, 1.807) is 18.2 Å². The van der Waals surface area contributed by atoms with Crippen LogP contribution in [0.2, 0.25) is 0 Å². The summed E-state index contributed by atoms with van der Waals surface area (Å²) in [6.45, 7) is -0.00809. The van der Waals surface area contributed by atoms with Crippen molar-refractivity contribution in [2.75, 3.05) is 0 Å². The van der Waals surface area contributed by atoms with Crippen molar-refractivity contribution >= 4 is 27.5 Å². The van der Waals surface area contributed by atoms with Crippen molar-refractivity contribution in [1.29, 1.82) is 0 Å². The summed E-state index contributed by atoms with van der Waals surface area (Å²) < 4.78 is 44.9. The molecule has 0 fully saturated rings. The molecule has 1 aromatic heterocycles. The number of amides is 1. The van der Waals surface area contributed by atoms with Crippen LogP contribution < -0.4 is 10.1 Å². The minimum Gasteiger partial charge on any atom is -0.431 e. The number of thiazole rings is 1. The molecular formula is C22H15F3N2O2S. The summed E-state index contributed by atoms with van der Waals surface area (Å²) in [7, 11) is 0. The lowest BCUT2D eigenvalue weighted by atomic mass is 10.1. The van der Waals surface area contributed by atoms with Gasteiger partial charge in [-0.2, -0.15) is 13.2 Å². The van der Waals surface area contributed by atoms with Gasteiger partial charge in [-0.25, -0.2) is 4.98 Å². The maximum absolute atomic E-state index is 12.8. The molecule has 0 atom stereocenters. The van der Waals surface area contributed by atoms with Crippen molar-refractivity contribution in [2.45, 2.75) is 12.7 Å². The van der Waals surface area contributed by atoms with E-state index in [4.69, 9.17) is 4.74 Å². The smallest absolute Gasteiger partial charge is 0.416 e. The maximum atomic E-state index is 12.8. The van der Waals surface area contributed by atoms with Gasteiger partial charge in [0.25, 0.3) is 11.1 Å². The largest absolute Gasteiger partial charge is 0.431 e. The lowest BCUT2D eigenvalue weighted by Crippen LogP contribution is -2.22. The fraction of sp³-hybridized carbons (Fsp3) is 0.0909. The summed E-state index contributed by atoms with van der Waals surface area (Å²) in [6.07, 6.45) is -4.42. The quantitative estimate of drug-likeness (QED) is 0.422. The van der Waals surface area contributed by atoms with Crippen LogP contribution in [0.25, 0.3) is 10.2 Å². The van der Waals surface area contributed by atoms with Crippen LogP contribution in [0, 0.1) is 0 Å². The number of hydrogen-bond acceptors (Lipinski definition) is 4. The first-order valence-corrected chi connectivity index (χ1v) is 9.78. The predicted octanol–water partition coefficient (Wildman–Crippen LogP) is 6.04. The number of ether oxygens (including phenoxy) is 1. The Hall–Kier alpha value is -3.39. The van der Waals surface area contributed by atoms with Gasteiger partial charge in [0, 0.05) is 12.1 Å². The van der Waals surface area contributed by atoms with Gasteiger partial charge in [-0.15, -0.1) is 0 Å². The van der Waals surface area contributed by atoms with Gasteiger partial charge in [0.1, 0.15) is 5.75 Å². The Labute approximate surface area is 174 Å². The molecule has 0 saturated carbocycles. The lowest BCUT2D eigenvalue weighted by Gasteiger charge is -2.09. The van der Waals surface area contributed by atoms with Crippen molar-refractivity contribution in [2.24, 2.45) is 0 Å². The Morgan fingerprint density at radius 1 is 1.00 bits per heavy atom. The summed E-state index contributed by atoms with van der Waals surface area (Å²) in [4.78, 5) is 16.9. The average molecular weight is 428 g/mol. The Morgan fingerprint density at radius 2 is 1.80 bits per heavy atom. The van der Waals surface area contributed by atoms with E-state index in [0.29, 0.717) is 27.6 Å². The molecule has 0 saturated heterocycles. The fourth-order valence-corrected chi connectivity index (χ4v) is 3.69. The number of para-hydroxylation sites is 1. The molecule has 4 aromatic rings. The van der Waals surface area contributed by atoms with Crippen LogP contribution >= 0.6 is 11.3 Å². The summed E-state index contributed by atoms with van der Waals surface area (Å²) in [5, 5.41) is 3.11. The van der Waals surface area contributed by atoms with Crippen LogP contribution in [0.5, 0.6) is 10.9 Å². The molecule has 0 aliphatic carbocycles. The second kappa shape index (κ2) is 8.16. The van der Waals surface area contributed by atoms with Crippen LogP contribution in [0.1, 0.15) is 21.5 Å². The van der Waals surface area contributed by atoms with Crippen LogP contribution in [-0.4, -0.2) is 10.9 Å². The van der Waals surface area contributed by atoms with E-state index in [2.05, 4.69) is 10.3 Å². The number of carbonyl (C=O) groups is 1. The molecule has 0 bridgehead atoms. The number of halogens is 3. The zero-order chi connectivity index (χ0) is 21.1. The third-order valence-electron chi connectivity index (χ3n) is 4.29. The van der Waals surface area contributed by atoms with Gasteiger partial charge in [0.05, 0.1) is 15.8 Å². The van der Waals surface area contributed by atoms with Crippen molar-refractivity contribution in [1.82, 2.24) is 10.3 Å². The number of fused-ring (bicyclic) bond motifs is 1. The van der Waals surface area contributed by atoms with E-state index < -0.39 is 11.7 Å². The SMILES string of the molecule is O=C(NCc1cccc(C(F)(F)F)c1)c1ccc2nc(Oc3ccccc3)sc2c1. The van der Waals surface area contributed by atoms with Crippen LogP contribution in [0.3, 0.4) is 0 Å². The van der Waals surface area contributed by atoms with Gasteiger partial charge in [-0.05, 0) is 48.0 Å². The van der Waals surface area contributed by atoms with E-state index in [-0.39, 0.29) is 12.5 Å². The molecule has 0 radical (unpaired) electrons. The molecule has 0 unspecified atom stereocenters. The first kappa shape index (κ1) is 19.9. The molecule has 4 nitrogen and oxygen atoms in total. The molecule has 8 heteroatoms. The molecular weight excluding hydrogens is 413 g/mol. The highest BCUT2D eigenvalue weighted by Gasteiger charge is 2.30. The molecule has 0 aliphatic rings. The number of carbonyl (C=O) groups excluding carboxylic acids is 1. The van der Waals surface area contributed by atoms with Crippen molar-refractivity contribution in [3.8, 4) is 10.9 Å². The monoisotopic (exact) mass is 428 g/mol. The van der Waals surface area contributed by atoms with Gasteiger partial charge in [0.2, 0.25) is 0 Å². The normalized spacial score (nSPS) is 11.4.